The van der Waals surface area contributed by atoms with Gasteiger partial charge in [0.15, 0.2) is 0 Å². The van der Waals surface area contributed by atoms with Crippen LogP contribution >= 0.6 is 15.9 Å². The van der Waals surface area contributed by atoms with Crippen LogP contribution in [0, 0.1) is 18.3 Å². The minimum absolute atomic E-state index is 0.174. The average Bonchev–Trinajstić information content (AvgIpc) is 3.28. The lowest BCUT2D eigenvalue weighted by Gasteiger charge is -2.37. The van der Waals surface area contributed by atoms with Gasteiger partial charge in [0.1, 0.15) is 0 Å². The fourth-order valence-corrected chi connectivity index (χ4v) is 6.46. The van der Waals surface area contributed by atoms with Crippen molar-refractivity contribution >= 4 is 27.1 Å². The highest BCUT2D eigenvalue weighted by Crippen LogP contribution is 2.66. The molecule has 2 heteroatoms. The number of hydrogen-bond donors (Lipinski definition) is 1. The van der Waals surface area contributed by atoms with Crippen molar-refractivity contribution in [2.24, 2.45) is 11.3 Å². The van der Waals surface area contributed by atoms with Crippen LogP contribution in [0.15, 0.2) is 65.2 Å². The smallest absolute Gasteiger partial charge is 0.0583 e. The first-order chi connectivity index (χ1) is 15.0. The number of aliphatic hydroxyl groups is 1. The Labute approximate surface area is 196 Å². The molecular formula is C29H35BrO. The zero-order valence-electron chi connectivity index (χ0n) is 19.0. The van der Waals surface area contributed by atoms with E-state index in [4.69, 9.17) is 0 Å². The Morgan fingerprint density at radius 1 is 1.13 bits per heavy atom. The summed E-state index contributed by atoms with van der Waals surface area (Å²) >= 11 is 3.73. The van der Waals surface area contributed by atoms with Crippen LogP contribution in [-0.2, 0) is 0 Å². The van der Waals surface area contributed by atoms with Gasteiger partial charge in [-0.2, -0.15) is 0 Å². The molecule has 31 heavy (non-hydrogen) atoms. The molecule has 4 rings (SSSR count). The van der Waals surface area contributed by atoms with Crippen molar-refractivity contribution in [3.05, 3.63) is 81.8 Å². The van der Waals surface area contributed by atoms with E-state index >= 15 is 0 Å². The predicted molar refractivity (Wildman–Crippen MR) is 136 cm³/mol. The molecule has 0 aromatic heterocycles. The second kappa shape index (κ2) is 9.46. The highest BCUT2D eigenvalue weighted by atomic mass is 79.9. The lowest BCUT2D eigenvalue weighted by molar-refractivity contribution is 0.120. The number of halogens is 1. The third-order valence-electron chi connectivity index (χ3n) is 7.66. The molecule has 0 amide bonds. The van der Waals surface area contributed by atoms with E-state index in [0.717, 1.165) is 30.2 Å². The number of benzene rings is 2. The van der Waals surface area contributed by atoms with Crippen molar-refractivity contribution in [1.29, 1.82) is 0 Å². The maximum absolute atomic E-state index is 11.1. The Morgan fingerprint density at radius 3 is 2.65 bits per heavy atom. The van der Waals surface area contributed by atoms with Crippen molar-refractivity contribution < 1.29 is 5.11 Å². The topological polar surface area (TPSA) is 20.2 Å². The number of fused-ring (bicyclic) bond motifs is 1. The summed E-state index contributed by atoms with van der Waals surface area (Å²) in [6.07, 6.45) is 8.79. The molecule has 0 heterocycles. The van der Waals surface area contributed by atoms with Gasteiger partial charge in [0.05, 0.1) is 6.10 Å². The second-order valence-corrected chi connectivity index (χ2v) is 10.4. The molecule has 2 aliphatic rings. The summed E-state index contributed by atoms with van der Waals surface area (Å²) in [7, 11) is 0. The molecule has 1 saturated carbocycles. The largest absolute Gasteiger partial charge is 0.393 e. The van der Waals surface area contributed by atoms with E-state index in [1.807, 2.05) is 0 Å². The summed E-state index contributed by atoms with van der Waals surface area (Å²) in [4.78, 5) is 0. The quantitative estimate of drug-likeness (QED) is 0.377. The fourth-order valence-electron chi connectivity index (χ4n) is 6.10. The van der Waals surface area contributed by atoms with Gasteiger partial charge in [-0.15, -0.1) is 0 Å². The number of aliphatic hydroxyl groups excluding tert-OH is 1. The Bertz CT molecular complexity index is 973. The van der Waals surface area contributed by atoms with Gasteiger partial charge < -0.3 is 5.11 Å². The third-order valence-corrected chi connectivity index (χ3v) is 8.15. The number of allylic oxidation sites excluding steroid dienone is 3. The van der Waals surface area contributed by atoms with Gasteiger partial charge in [0.25, 0.3) is 0 Å². The molecule has 164 valence electrons. The average molecular weight is 480 g/mol. The summed E-state index contributed by atoms with van der Waals surface area (Å²) in [6.45, 7) is 9.18. The zero-order valence-corrected chi connectivity index (χ0v) is 20.5. The summed E-state index contributed by atoms with van der Waals surface area (Å²) in [6, 6.07) is 17.3. The van der Waals surface area contributed by atoms with E-state index in [0.29, 0.717) is 0 Å². The van der Waals surface area contributed by atoms with Crippen molar-refractivity contribution in [2.75, 3.05) is 0 Å². The molecule has 1 N–H and O–H groups in total. The van der Waals surface area contributed by atoms with Gasteiger partial charge in [0.2, 0.25) is 0 Å². The normalized spacial score (nSPS) is 25.2. The van der Waals surface area contributed by atoms with Gasteiger partial charge in [-0.05, 0) is 79.0 Å². The Balaban J connectivity index is 1.86. The number of hydrogen-bond acceptors (Lipinski definition) is 1. The highest BCUT2D eigenvalue weighted by Gasteiger charge is 2.56. The molecule has 2 aromatic carbocycles. The van der Waals surface area contributed by atoms with Crippen LogP contribution < -0.4 is 0 Å². The SMILES string of the molecule is C=C(c1ccccc1)C12CC[C@@H](O)C1CC(CCCCCC)=C2c1cc(Br)ccc1C. The van der Waals surface area contributed by atoms with Crippen molar-refractivity contribution in [2.45, 2.75) is 71.3 Å². The molecule has 1 fully saturated rings. The van der Waals surface area contributed by atoms with Gasteiger partial charge >= 0.3 is 0 Å². The lowest BCUT2D eigenvalue weighted by atomic mass is 9.66. The van der Waals surface area contributed by atoms with E-state index in [1.165, 1.54) is 53.5 Å². The van der Waals surface area contributed by atoms with Gasteiger partial charge in [-0.3, -0.25) is 0 Å². The van der Waals surface area contributed by atoms with Crippen LogP contribution in [0.1, 0.15) is 75.0 Å². The fraction of sp³-hybridized carbons (Fsp3) is 0.448. The Kier molecular flexibility index (Phi) is 6.89. The van der Waals surface area contributed by atoms with E-state index in [2.05, 4.69) is 84.9 Å². The number of aryl methyl sites for hydroxylation is 1. The summed E-state index contributed by atoms with van der Waals surface area (Å²) < 4.78 is 1.12. The van der Waals surface area contributed by atoms with Crippen LogP contribution in [0.25, 0.3) is 11.1 Å². The first-order valence-corrected chi connectivity index (χ1v) is 12.7. The van der Waals surface area contributed by atoms with E-state index in [1.54, 1.807) is 5.57 Å². The summed E-state index contributed by atoms with van der Waals surface area (Å²) in [5.41, 5.74) is 7.90. The molecule has 0 saturated heterocycles. The van der Waals surface area contributed by atoms with Gasteiger partial charge in [-0.25, -0.2) is 0 Å². The molecule has 0 radical (unpaired) electrons. The van der Waals surface area contributed by atoms with Crippen LogP contribution in [-0.4, -0.2) is 11.2 Å². The molecule has 2 unspecified atom stereocenters. The van der Waals surface area contributed by atoms with Crippen LogP contribution in [0.3, 0.4) is 0 Å². The van der Waals surface area contributed by atoms with Crippen molar-refractivity contribution in [3.8, 4) is 0 Å². The first-order valence-electron chi connectivity index (χ1n) is 11.9. The minimum atomic E-state index is -0.254. The summed E-state index contributed by atoms with van der Waals surface area (Å²) in [5.74, 6) is 0.231. The standard InChI is InChI=1S/C29H35BrO/c1-4-5-6-8-13-23-18-26-27(31)16-17-29(26,21(3)22-11-9-7-10-12-22)28(23)25-19-24(30)15-14-20(25)2/h7,9-12,14-15,19,26-27,31H,3-6,8,13,16-18H2,1-2H3/t26?,27-,29?/m1/s1. The highest BCUT2D eigenvalue weighted by molar-refractivity contribution is 9.10. The molecule has 2 aliphatic carbocycles. The van der Waals surface area contributed by atoms with Crippen molar-refractivity contribution in [1.82, 2.24) is 0 Å². The lowest BCUT2D eigenvalue weighted by Crippen LogP contribution is -2.29. The Hall–Kier alpha value is -1.64. The molecule has 3 atom stereocenters. The van der Waals surface area contributed by atoms with Gasteiger partial charge in [0, 0.05) is 15.8 Å². The monoisotopic (exact) mass is 478 g/mol. The molecule has 0 spiro atoms. The summed E-state index contributed by atoms with van der Waals surface area (Å²) in [5, 5.41) is 11.1. The molecule has 1 nitrogen and oxygen atoms in total. The Morgan fingerprint density at radius 2 is 1.90 bits per heavy atom. The number of rotatable bonds is 8. The van der Waals surface area contributed by atoms with E-state index in [-0.39, 0.29) is 17.4 Å². The predicted octanol–water partition coefficient (Wildman–Crippen LogP) is 8.36. The first kappa shape index (κ1) is 22.6. The maximum Gasteiger partial charge on any atom is 0.0583 e. The maximum atomic E-state index is 11.1. The molecule has 2 aromatic rings. The molecule has 0 bridgehead atoms. The number of unbranched alkanes of at least 4 members (excludes halogenated alkanes) is 3. The van der Waals surface area contributed by atoms with Crippen LogP contribution in [0.5, 0.6) is 0 Å². The third kappa shape index (κ3) is 4.10. The van der Waals surface area contributed by atoms with Crippen LogP contribution in [0.2, 0.25) is 0 Å². The van der Waals surface area contributed by atoms with Crippen LogP contribution in [0.4, 0.5) is 0 Å². The van der Waals surface area contributed by atoms with E-state index < -0.39 is 0 Å². The van der Waals surface area contributed by atoms with E-state index in [9.17, 15) is 5.11 Å². The molecular weight excluding hydrogens is 444 g/mol. The van der Waals surface area contributed by atoms with Gasteiger partial charge in [-0.1, -0.05) is 90.7 Å². The molecule has 0 aliphatic heterocycles. The minimum Gasteiger partial charge on any atom is -0.393 e. The zero-order chi connectivity index (χ0) is 22.0. The second-order valence-electron chi connectivity index (χ2n) is 9.48. The van der Waals surface area contributed by atoms with Crippen molar-refractivity contribution in [3.63, 3.8) is 0 Å².